The molecule has 0 amide bonds. The summed E-state index contributed by atoms with van der Waals surface area (Å²) >= 11 is 0. The van der Waals surface area contributed by atoms with Crippen LogP contribution in [0.15, 0.2) is 11.6 Å². The van der Waals surface area contributed by atoms with Gasteiger partial charge in [-0.1, -0.05) is 54.4 Å². The predicted molar refractivity (Wildman–Crippen MR) is 128 cm³/mol. The van der Waals surface area contributed by atoms with Crippen molar-refractivity contribution in [2.45, 2.75) is 106 Å². The molecule has 3 fully saturated rings. The lowest BCUT2D eigenvalue weighted by molar-refractivity contribution is -0.131. The van der Waals surface area contributed by atoms with Crippen LogP contribution in [-0.2, 0) is 9.59 Å². The Labute approximate surface area is 191 Å². The van der Waals surface area contributed by atoms with E-state index in [1.165, 1.54) is 44.9 Å². The number of Topliss-reactive ketones (excluding diaryl/α,β-unsaturated/α-hetero) is 1. The first-order chi connectivity index (χ1) is 14.6. The maximum absolute atomic E-state index is 13.2. The van der Waals surface area contributed by atoms with Crippen LogP contribution >= 0.6 is 0 Å². The van der Waals surface area contributed by atoms with Gasteiger partial charge in [0.05, 0.1) is 0 Å². The van der Waals surface area contributed by atoms with Gasteiger partial charge in [0.25, 0.3) is 0 Å². The second kappa shape index (κ2) is 8.45. The SMILES string of the molecule is CC[C@H](CC[C@@H](C)[C@H]1CC[C@H]2[C@@H]3CC(=O)C4=CC(=O)CC[C@]4(C)[C@H]3CC[C@]12C)C(C)C. The summed E-state index contributed by atoms with van der Waals surface area (Å²) in [5, 5.41) is 0. The predicted octanol–water partition coefficient (Wildman–Crippen LogP) is 7.41. The molecule has 0 heterocycles. The molecule has 0 bridgehead atoms. The van der Waals surface area contributed by atoms with Crippen LogP contribution in [0.2, 0.25) is 0 Å². The van der Waals surface area contributed by atoms with E-state index in [9.17, 15) is 9.59 Å². The highest BCUT2D eigenvalue weighted by Gasteiger charge is 2.61. The Bertz CT molecular complexity index is 748. The van der Waals surface area contributed by atoms with Crippen LogP contribution in [0.25, 0.3) is 0 Å². The molecule has 0 aromatic rings. The zero-order valence-electron chi connectivity index (χ0n) is 21.0. The van der Waals surface area contributed by atoms with Crippen LogP contribution in [-0.4, -0.2) is 11.6 Å². The van der Waals surface area contributed by atoms with Crippen molar-refractivity contribution in [2.75, 3.05) is 0 Å². The normalized spacial score (nSPS) is 42.0. The molecule has 4 aliphatic carbocycles. The summed E-state index contributed by atoms with van der Waals surface area (Å²) in [6, 6.07) is 0. The highest BCUT2D eigenvalue weighted by molar-refractivity contribution is 6.05. The van der Waals surface area contributed by atoms with Crippen molar-refractivity contribution in [2.24, 2.45) is 52.3 Å². The van der Waals surface area contributed by atoms with Gasteiger partial charge in [0.15, 0.2) is 11.6 Å². The largest absolute Gasteiger partial charge is 0.295 e. The fourth-order valence-electron chi connectivity index (χ4n) is 9.05. The number of hydrogen-bond donors (Lipinski definition) is 0. The molecule has 0 saturated heterocycles. The van der Waals surface area contributed by atoms with Crippen LogP contribution in [0.5, 0.6) is 0 Å². The number of fused-ring (bicyclic) bond motifs is 5. The van der Waals surface area contributed by atoms with E-state index < -0.39 is 0 Å². The fourth-order valence-corrected chi connectivity index (χ4v) is 9.05. The molecule has 0 aliphatic heterocycles. The molecule has 8 atom stereocenters. The quantitative estimate of drug-likeness (QED) is 0.443. The van der Waals surface area contributed by atoms with Crippen LogP contribution < -0.4 is 0 Å². The van der Waals surface area contributed by atoms with Gasteiger partial charge in [-0.25, -0.2) is 0 Å². The zero-order chi connectivity index (χ0) is 22.6. The van der Waals surface area contributed by atoms with E-state index in [0.29, 0.717) is 41.8 Å². The molecule has 4 rings (SSSR count). The first-order valence-corrected chi connectivity index (χ1v) is 13.4. The van der Waals surface area contributed by atoms with Crippen molar-refractivity contribution in [3.05, 3.63) is 11.6 Å². The Morgan fingerprint density at radius 3 is 2.42 bits per heavy atom. The third kappa shape index (κ3) is 3.78. The Hall–Kier alpha value is -0.920. The highest BCUT2D eigenvalue weighted by Crippen LogP contribution is 2.67. The van der Waals surface area contributed by atoms with Crippen LogP contribution in [0.1, 0.15) is 106 Å². The van der Waals surface area contributed by atoms with Crippen molar-refractivity contribution in [1.82, 2.24) is 0 Å². The minimum atomic E-state index is -0.0510. The maximum Gasteiger partial charge on any atom is 0.159 e. The average molecular weight is 427 g/mol. The summed E-state index contributed by atoms with van der Waals surface area (Å²) in [4.78, 5) is 25.3. The Balaban J connectivity index is 1.52. The van der Waals surface area contributed by atoms with Crippen LogP contribution in [0.3, 0.4) is 0 Å². The molecule has 31 heavy (non-hydrogen) atoms. The summed E-state index contributed by atoms with van der Waals surface area (Å²) in [5.74, 6) is 5.55. The number of rotatable bonds is 6. The molecule has 0 spiro atoms. The van der Waals surface area contributed by atoms with Crippen LogP contribution in [0.4, 0.5) is 0 Å². The molecular weight excluding hydrogens is 380 g/mol. The van der Waals surface area contributed by atoms with Gasteiger partial charge >= 0.3 is 0 Å². The summed E-state index contributed by atoms with van der Waals surface area (Å²) < 4.78 is 0. The van der Waals surface area contributed by atoms with Gasteiger partial charge in [-0.15, -0.1) is 0 Å². The fraction of sp³-hybridized carbons (Fsp3) is 0.862. The molecule has 2 nitrogen and oxygen atoms in total. The first-order valence-electron chi connectivity index (χ1n) is 13.4. The lowest BCUT2D eigenvalue weighted by atomic mass is 9.46. The number of hydrogen-bond acceptors (Lipinski definition) is 2. The molecule has 0 unspecified atom stereocenters. The van der Waals surface area contributed by atoms with Gasteiger partial charge in [-0.3, -0.25) is 9.59 Å². The molecule has 0 aromatic carbocycles. The summed E-state index contributed by atoms with van der Waals surface area (Å²) in [6.45, 7) is 14.5. The highest BCUT2D eigenvalue weighted by atomic mass is 16.1. The van der Waals surface area contributed by atoms with Gasteiger partial charge in [0, 0.05) is 18.4 Å². The number of allylic oxidation sites excluding steroid dienone is 1. The molecule has 0 N–H and O–H groups in total. The van der Waals surface area contributed by atoms with E-state index in [1.54, 1.807) is 6.08 Å². The van der Waals surface area contributed by atoms with Crippen molar-refractivity contribution < 1.29 is 9.59 Å². The monoisotopic (exact) mass is 426 g/mol. The van der Waals surface area contributed by atoms with E-state index in [4.69, 9.17) is 0 Å². The van der Waals surface area contributed by atoms with Gasteiger partial charge in [0.1, 0.15) is 0 Å². The number of ketones is 2. The summed E-state index contributed by atoms with van der Waals surface area (Å²) in [7, 11) is 0. The molecule has 2 heteroatoms. The average Bonchev–Trinajstić information content (AvgIpc) is 3.07. The van der Waals surface area contributed by atoms with Gasteiger partial charge in [-0.05, 0) is 96.9 Å². The molecule has 0 radical (unpaired) electrons. The summed E-state index contributed by atoms with van der Waals surface area (Å²) in [5.41, 5.74) is 1.24. The van der Waals surface area contributed by atoms with Gasteiger partial charge in [0.2, 0.25) is 0 Å². The Morgan fingerprint density at radius 1 is 1.00 bits per heavy atom. The topological polar surface area (TPSA) is 34.1 Å². The molecule has 3 saturated carbocycles. The van der Waals surface area contributed by atoms with E-state index in [-0.39, 0.29) is 11.2 Å². The number of carbonyl (C=O) groups is 2. The third-order valence-electron chi connectivity index (χ3n) is 11.0. The molecular formula is C29H46O2. The minimum Gasteiger partial charge on any atom is -0.295 e. The maximum atomic E-state index is 13.2. The zero-order valence-corrected chi connectivity index (χ0v) is 21.0. The second-order valence-electron chi connectivity index (χ2n) is 12.6. The number of carbonyl (C=O) groups excluding carboxylic acids is 2. The van der Waals surface area contributed by atoms with Crippen molar-refractivity contribution in [1.29, 1.82) is 0 Å². The summed E-state index contributed by atoms with van der Waals surface area (Å²) in [6.07, 6.45) is 13.2. The lowest BCUT2D eigenvalue weighted by Crippen LogP contribution is -2.53. The van der Waals surface area contributed by atoms with Crippen molar-refractivity contribution >= 4 is 11.6 Å². The van der Waals surface area contributed by atoms with Gasteiger partial charge < -0.3 is 0 Å². The third-order valence-corrected chi connectivity index (χ3v) is 11.0. The van der Waals surface area contributed by atoms with E-state index in [2.05, 4.69) is 41.5 Å². The standard InChI is InChI=1S/C29H46O2/c1-7-20(18(2)3)9-8-19(4)23-10-11-24-22-17-27(31)26-16-21(30)12-14-29(26,6)25(22)13-15-28(23,24)5/h16,18-20,22-25H,7-15,17H2,1-6H3/t19-,20-,22+,23-,24+,25+,28-,29-/m1/s1. The molecule has 4 aliphatic rings. The lowest BCUT2D eigenvalue weighted by Gasteiger charge is -2.57. The van der Waals surface area contributed by atoms with Crippen molar-refractivity contribution in [3.63, 3.8) is 0 Å². The second-order valence-corrected chi connectivity index (χ2v) is 12.6. The van der Waals surface area contributed by atoms with E-state index in [1.807, 2.05) is 0 Å². The smallest absolute Gasteiger partial charge is 0.159 e. The van der Waals surface area contributed by atoms with Gasteiger partial charge in [-0.2, -0.15) is 0 Å². The Kier molecular flexibility index (Phi) is 6.34. The molecule has 174 valence electrons. The van der Waals surface area contributed by atoms with E-state index in [0.717, 1.165) is 35.7 Å². The first kappa shape index (κ1) is 23.2. The molecule has 0 aromatic heterocycles. The minimum absolute atomic E-state index is 0.0510. The van der Waals surface area contributed by atoms with Crippen molar-refractivity contribution in [3.8, 4) is 0 Å². The Morgan fingerprint density at radius 2 is 1.74 bits per heavy atom. The van der Waals surface area contributed by atoms with Crippen LogP contribution in [0, 0.1) is 52.3 Å². The van der Waals surface area contributed by atoms with E-state index >= 15 is 0 Å².